The van der Waals surface area contributed by atoms with Crippen LogP contribution >= 0.6 is 0 Å². The monoisotopic (exact) mass is 414 g/mol. The molecule has 0 spiro atoms. The van der Waals surface area contributed by atoms with E-state index >= 15 is 0 Å². The molecule has 2 rings (SSSR count). The van der Waals surface area contributed by atoms with Crippen LogP contribution < -0.4 is 14.8 Å². The third-order valence-electron chi connectivity index (χ3n) is 4.30. The largest absolute Gasteiger partial charge is 0.497 e. The predicted octanol–water partition coefficient (Wildman–Crippen LogP) is 2.02. The molecule has 0 unspecified atom stereocenters. The van der Waals surface area contributed by atoms with Gasteiger partial charge in [-0.25, -0.2) is 0 Å². The fourth-order valence-electron chi connectivity index (χ4n) is 2.73. The minimum atomic E-state index is -0.972. The van der Waals surface area contributed by atoms with Crippen LogP contribution in [0.5, 0.6) is 11.5 Å². The molecule has 8 heteroatoms. The Morgan fingerprint density at radius 1 is 1.00 bits per heavy atom. The van der Waals surface area contributed by atoms with E-state index in [2.05, 4.69) is 5.32 Å². The first-order valence-corrected chi connectivity index (χ1v) is 9.33. The van der Waals surface area contributed by atoms with Crippen molar-refractivity contribution in [2.75, 3.05) is 27.8 Å². The Morgan fingerprint density at radius 3 is 2.17 bits per heavy atom. The molecule has 160 valence electrons. The van der Waals surface area contributed by atoms with Gasteiger partial charge in [-0.2, -0.15) is 0 Å². The lowest BCUT2D eigenvalue weighted by Crippen LogP contribution is -2.39. The fourth-order valence-corrected chi connectivity index (χ4v) is 2.73. The number of hydrogen-bond acceptors (Lipinski definition) is 6. The van der Waals surface area contributed by atoms with Crippen LogP contribution in [0.2, 0.25) is 0 Å². The van der Waals surface area contributed by atoms with E-state index in [0.717, 1.165) is 5.56 Å². The van der Waals surface area contributed by atoms with E-state index in [4.69, 9.17) is 14.2 Å². The molecule has 0 aliphatic carbocycles. The van der Waals surface area contributed by atoms with Gasteiger partial charge in [0, 0.05) is 25.2 Å². The molecule has 2 aromatic carbocycles. The van der Waals surface area contributed by atoms with Crippen molar-refractivity contribution >= 4 is 17.8 Å². The third kappa shape index (κ3) is 6.51. The Morgan fingerprint density at radius 2 is 1.60 bits per heavy atom. The number of carbonyl (C=O) groups is 3. The Labute approximate surface area is 175 Å². The number of hydrogen-bond donors (Lipinski definition) is 1. The van der Waals surface area contributed by atoms with Gasteiger partial charge in [0.2, 0.25) is 0 Å². The summed E-state index contributed by atoms with van der Waals surface area (Å²) in [7, 11) is 4.58. The van der Waals surface area contributed by atoms with Crippen LogP contribution in [0.3, 0.4) is 0 Å². The molecule has 0 aliphatic heterocycles. The van der Waals surface area contributed by atoms with Crippen molar-refractivity contribution in [2.24, 2.45) is 0 Å². The second-order valence-electron chi connectivity index (χ2n) is 6.60. The van der Waals surface area contributed by atoms with E-state index in [-0.39, 0.29) is 18.0 Å². The van der Waals surface area contributed by atoms with Gasteiger partial charge in [-0.05, 0) is 24.6 Å². The second-order valence-corrected chi connectivity index (χ2v) is 6.60. The summed E-state index contributed by atoms with van der Waals surface area (Å²) >= 11 is 0. The van der Waals surface area contributed by atoms with Gasteiger partial charge < -0.3 is 24.4 Å². The van der Waals surface area contributed by atoms with E-state index in [1.165, 1.54) is 38.2 Å². The molecular weight excluding hydrogens is 388 g/mol. The van der Waals surface area contributed by atoms with Gasteiger partial charge in [-0.15, -0.1) is 0 Å². The quantitative estimate of drug-likeness (QED) is 0.631. The molecule has 0 heterocycles. The molecule has 2 amide bonds. The highest BCUT2D eigenvalue weighted by Crippen LogP contribution is 2.22. The van der Waals surface area contributed by atoms with Gasteiger partial charge in [0.05, 0.1) is 14.2 Å². The van der Waals surface area contributed by atoms with Crippen molar-refractivity contribution in [3.05, 3.63) is 59.7 Å². The predicted molar refractivity (Wildman–Crippen MR) is 110 cm³/mol. The summed E-state index contributed by atoms with van der Waals surface area (Å²) in [6.45, 7) is 1.52. The molecule has 1 N–H and O–H groups in total. The summed E-state index contributed by atoms with van der Waals surface area (Å²) in [6.07, 6.45) is -0.972. The lowest BCUT2D eigenvalue weighted by Gasteiger charge is -2.21. The van der Waals surface area contributed by atoms with Crippen LogP contribution in [-0.4, -0.2) is 56.6 Å². The first-order chi connectivity index (χ1) is 14.3. The Hall–Kier alpha value is -3.55. The van der Waals surface area contributed by atoms with Crippen molar-refractivity contribution in [3.63, 3.8) is 0 Å². The molecule has 0 radical (unpaired) electrons. The van der Waals surface area contributed by atoms with Gasteiger partial charge in [-0.3, -0.25) is 14.4 Å². The van der Waals surface area contributed by atoms with E-state index in [9.17, 15) is 14.4 Å². The molecule has 0 aliphatic rings. The van der Waals surface area contributed by atoms with Crippen LogP contribution in [0, 0.1) is 0 Å². The minimum Gasteiger partial charge on any atom is -0.497 e. The number of carbonyl (C=O) groups excluding carboxylic acids is 3. The maximum absolute atomic E-state index is 12.4. The van der Waals surface area contributed by atoms with Crippen molar-refractivity contribution in [3.8, 4) is 11.5 Å². The number of likely N-dealkylation sites (N-methyl/N-ethyl adjacent to an activating group) is 1. The average Bonchev–Trinajstić information content (AvgIpc) is 2.76. The smallest absolute Gasteiger partial charge is 0.326 e. The Bertz CT molecular complexity index is 862. The molecular formula is C22H26N2O6. The summed E-state index contributed by atoms with van der Waals surface area (Å²) in [4.78, 5) is 38.3. The second kappa shape index (κ2) is 10.8. The lowest BCUT2D eigenvalue weighted by atomic mass is 10.2. The average molecular weight is 414 g/mol. The van der Waals surface area contributed by atoms with E-state index in [1.807, 2.05) is 30.3 Å². The summed E-state index contributed by atoms with van der Waals surface area (Å²) in [5.74, 6) is -0.655. The summed E-state index contributed by atoms with van der Waals surface area (Å²) < 4.78 is 15.4. The van der Waals surface area contributed by atoms with E-state index in [1.54, 1.807) is 13.1 Å². The van der Waals surface area contributed by atoms with E-state index < -0.39 is 18.0 Å². The number of benzene rings is 2. The molecule has 0 saturated carbocycles. The number of rotatable bonds is 9. The number of nitrogens with zero attached hydrogens (tertiary/aromatic N) is 1. The molecule has 1 atom stereocenters. The number of nitrogens with one attached hydrogen (secondary N) is 1. The number of amides is 2. The molecule has 8 nitrogen and oxygen atoms in total. The summed E-state index contributed by atoms with van der Waals surface area (Å²) in [6, 6.07) is 14.2. The minimum absolute atomic E-state index is 0.269. The highest BCUT2D eigenvalue weighted by Gasteiger charge is 2.22. The van der Waals surface area contributed by atoms with Crippen LogP contribution in [0.15, 0.2) is 48.5 Å². The maximum atomic E-state index is 12.4. The highest BCUT2D eigenvalue weighted by molar-refractivity contribution is 5.97. The normalized spacial score (nSPS) is 11.2. The van der Waals surface area contributed by atoms with Gasteiger partial charge in [0.25, 0.3) is 11.8 Å². The molecule has 0 saturated heterocycles. The molecule has 0 fully saturated rings. The zero-order chi connectivity index (χ0) is 22.1. The Kier molecular flexibility index (Phi) is 8.22. The van der Waals surface area contributed by atoms with Gasteiger partial charge in [0.1, 0.15) is 18.0 Å². The standard InChI is InChI=1S/C22H26N2O6/c1-15(22(27)24(2)14-16-8-6-5-7-9-16)30-20(25)13-23-21(26)17-10-18(28-3)12-19(11-17)29-4/h5-12,15H,13-14H2,1-4H3,(H,23,26)/t15-/m1/s1. The van der Waals surface area contributed by atoms with Crippen molar-refractivity contribution in [1.29, 1.82) is 0 Å². The third-order valence-corrected chi connectivity index (χ3v) is 4.30. The SMILES string of the molecule is COc1cc(OC)cc(C(=O)NCC(=O)O[C@H](C)C(=O)N(C)Cc2ccccc2)c1. The number of ether oxygens (including phenoxy) is 3. The zero-order valence-corrected chi connectivity index (χ0v) is 17.5. The Balaban J connectivity index is 1.86. The molecule has 0 bridgehead atoms. The van der Waals surface area contributed by atoms with Crippen molar-refractivity contribution in [1.82, 2.24) is 10.2 Å². The fraction of sp³-hybridized carbons (Fsp3) is 0.318. The molecule has 30 heavy (non-hydrogen) atoms. The van der Waals surface area contributed by atoms with Crippen LogP contribution in [0.4, 0.5) is 0 Å². The number of methoxy groups -OCH3 is 2. The zero-order valence-electron chi connectivity index (χ0n) is 17.5. The van der Waals surface area contributed by atoms with Gasteiger partial charge in [-0.1, -0.05) is 30.3 Å². The van der Waals surface area contributed by atoms with Gasteiger partial charge >= 0.3 is 5.97 Å². The first kappa shape index (κ1) is 22.7. The van der Waals surface area contributed by atoms with Crippen LogP contribution in [0.25, 0.3) is 0 Å². The maximum Gasteiger partial charge on any atom is 0.326 e. The van der Waals surface area contributed by atoms with Crippen LogP contribution in [-0.2, 0) is 20.9 Å². The van der Waals surface area contributed by atoms with E-state index in [0.29, 0.717) is 18.0 Å². The molecule has 2 aromatic rings. The van der Waals surface area contributed by atoms with Crippen molar-refractivity contribution < 1.29 is 28.6 Å². The highest BCUT2D eigenvalue weighted by atomic mass is 16.5. The summed E-state index contributed by atoms with van der Waals surface area (Å²) in [5.41, 5.74) is 1.23. The summed E-state index contributed by atoms with van der Waals surface area (Å²) in [5, 5.41) is 2.47. The van der Waals surface area contributed by atoms with Crippen molar-refractivity contribution in [2.45, 2.75) is 19.6 Å². The first-order valence-electron chi connectivity index (χ1n) is 9.33. The topological polar surface area (TPSA) is 94.2 Å². The molecule has 0 aromatic heterocycles. The van der Waals surface area contributed by atoms with Crippen LogP contribution in [0.1, 0.15) is 22.8 Å². The lowest BCUT2D eigenvalue weighted by molar-refractivity contribution is -0.157. The number of esters is 1. The van der Waals surface area contributed by atoms with Gasteiger partial charge in [0.15, 0.2) is 6.10 Å².